The summed E-state index contributed by atoms with van der Waals surface area (Å²) in [5.74, 6) is -0.395. The maximum atomic E-state index is 13.2. The molecule has 4 N–H and O–H groups in total. The summed E-state index contributed by atoms with van der Waals surface area (Å²) in [5.41, 5.74) is 5.25. The van der Waals surface area contributed by atoms with Crippen molar-refractivity contribution in [1.82, 2.24) is 9.97 Å². The van der Waals surface area contributed by atoms with Crippen molar-refractivity contribution >= 4 is 11.8 Å². The third kappa shape index (κ3) is 2.15. The number of rotatable bonds is 4. The number of halogens is 1. The van der Waals surface area contributed by atoms with Gasteiger partial charge in [-0.15, -0.1) is 0 Å². The minimum atomic E-state index is -0.530. The summed E-state index contributed by atoms with van der Waals surface area (Å²) in [6, 6.07) is 0. The first-order valence-corrected chi connectivity index (χ1v) is 4.78. The highest BCUT2D eigenvalue weighted by Gasteiger charge is 2.41. The monoisotopic (exact) mass is 212 g/mol. The SMILES string of the molecule is Nc1ncc(F)c(NCC2(CO)CC2)n1. The predicted octanol–water partition coefficient (Wildman–Crippen LogP) is 0.382. The van der Waals surface area contributed by atoms with Crippen LogP contribution in [0.15, 0.2) is 6.20 Å². The highest BCUT2D eigenvalue weighted by molar-refractivity contribution is 5.39. The largest absolute Gasteiger partial charge is 0.396 e. The molecule has 0 aromatic carbocycles. The second kappa shape index (κ2) is 3.62. The lowest BCUT2D eigenvalue weighted by atomic mass is 10.1. The minimum absolute atomic E-state index is 0.0349. The van der Waals surface area contributed by atoms with Crippen LogP contribution in [0.4, 0.5) is 16.2 Å². The molecule has 1 aromatic heterocycles. The van der Waals surface area contributed by atoms with Gasteiger partial charge in [0, 0.05) is 12.0 Å². The summed E-state index contributed by atoms with van der Waals surface area (Å²) < 4.78 is 13.2. The van der Waals surface area contributed by atoms with Crippen molar-refractivity contribution in [1.29, 1.82) is 0 Å². The molecule has 1 fully saturated rings. The van der Waals surface area contributed by atoms with Crippen LogP contribution in [-0.4, -0.2) is 28.2 Å². The van der Waals surface area contributed by atoms with Gasteiger partial charge in [-0.1, -0.05) is 0 Å². The van der Waals surface area contributed by atoms with E-state index < -0.39 is 5.82 Å². The summed E-state index contributed by atoms with van der Waals surface area (Å²) in [5, 5.41) is 11.9. The van der Waals surface area contributed by atoms with E-state index >= 15 is 0 Å². The van der Waals surface area contributed by atoms with E-state index in [1.165, 1.54) is 0 Å². The Balaban J connectivity index is 2.01. The van der Waals surface area contributed by atoms with Gasteiger partial charge in [0.25, 0.3) is 0 Å². The fourth-order valence-electron chi connectivity index (χ4n) is 1.34. The first-order valence-electron chi connectivity index (χ1n) is 4.78. The molecule has 0 saturated heterocycles. The summed E-state index contributed by atoms with van der Waals surface area (Å²) >= 11 is 0. The van der Waals surface area contributed by atoms with Gasteiger partial charge in [0.15, 0.2) is 11.6 Å². The average Bonchev–Trinajstić information content (AvgIpc) is 3.00. The highest BCUT2D eigenvalue weighted by Crippen LogP contribution is 2.44. The smallest absolute Gasteiger partial charge is 0.222 e. The zero-order valence-electron chi connectivity index (χ0n) is 8.20. The van der Waals surface area contributed by atoms with E-state index in [0.29, 0.717) is 6.54 Å². The Bertz CT molecular complexity index is 367. The van der Waals surface area contributed by atoms with Crippen molar-refractivity contribution < 1.29 is 9.50 Å². The van der Waals surface area contributed by atoms with Crippen LogP contribution >= 0.6 is 0 Å². The number of nitrogens with one attached hydrogen (secondary N) is 1. The van der Waals surface area contributed by atoms with Gasteiger partial charge in [-0.25, -0.2) is 9.37 Å². The molecule has 1 heterocycles. The van der Waals surface area contributed by atoms with Crippen molar-refractivity contribution in [2.24, 2.45) is 5.41 Å². The van der Waals surface area contributed by atoms with Crippen molar-refractivity contribution in [3.63, 3.8) is 0 Å². The Labute approximate surface area is 86.5 Å². The molecule has 1 saturated carbocycles. The van der Waals surface area contributed by atoms with Crippen LogP contribution in [0.25, 0.3) is 0 Å². The molecule has 0 unspecified atom stereocenters. The third-order valence-electron chi connectivity index (χ3n) is 2.69. The van der Waals surface area contributed by atoms with E-state index in [2.05, 4.69) is 15.3 Å². The summed E-state index contributed by atoms with van der Waals surface area (Å²) in [6.07, 6.45) is 2.94. The Hall–Kier alpha value is -1.43. The number of nitrogen functional groups attached to an aromatic ring is 1. The normalized spacial score (nSPS) is 17.5. The van der Waals surface area contributed by atoms with Crippen LogP contribution < -0.4 is 11.1 Å². The zero-order chi connectivity index (χ0) is 10.9. The lowest BCUT2D eigenvalue weighted by Crippen LogP contribution is -2.20. The summed E-state index contributed by atoms with van der Waals surface area (Å²) in [7, 11) is 0. The van der Waals surface area contributed by atoms with Gasteiger partial charge < -0.3 is 16.2 Å². The molecule has 0 atom stereocenters. The Morgan fingerprint density at radius 3 is 2.93 bits per heavy atom. The van der Waals surface area contributed by atoms with Crippen LogP contribution in [0.2, 0.25) is 0 Å². The minimum Gasteiger partial charge on any atom is -0.396 e. The summed E-state index contributed by atoms with van der Waals surface area (Å²) in [6.45, 7) is 0.624. The predicted molar refractivity (Wildman–Crippen MR) is 53.6 cm³/mol. The second-order valence-electron chi connectivity index (χ2n) is 3.94. The van der Waals surface area contributed by atoms with Gasteiger partial charge in [-0.3, -0.25) is 0 Å². The molecular weight excluding hydrogens is 199 g/mol. The van der Waals surface area contributed by atoms with Gasteiger partial charge in [-0.05, 0) is 12.8 Å². The standard InChI is InChI=1S/C9H13FN4O/c10-6-3-12-8(11)14-7(6)13-4-9(5-15)1-2-9/h3,15H,1-2,4-5H2,(H3,11,12,13,14). The number of hydrogen-bond donors (Lipinski definition) is 3. The fourth-order valence-corrected chi connectivity index (χ4v) is 1.34. The van der Waals surface area contributed by atoms with E-state index in [9.17, 15) is 4.39 Å². The average molecular weight is 212 g/mol. The maximum Gasteiger partial charge on any atom is 0.222 e. The molecule has 0 amide bonds. The molecule has 0 spiro atoms. The molecule has 15 heavy (non-hydrogen) atoms. The quantitative estimate of drug-likeness (QED) is 0.672. The van der Waals surface area contributed by atoms with Crippen LogP contribution in [0.5, 0.6) is 0 Å². The Morgan fingerprint density at radius 1 is 1.60 bits per heavy atom. The second-order valence-corrected chi connectivity index (χ2v) is 3.94. The number of aliphatic hydroxyl groups is 1. The Kier molecular flexibility index (Phi) is 2.44. The van der Waals surface area contributed by atoms with E-state index in [4.69, 9.17) is 10.8 Å². The number of aliphatic hydroxyl groups excluding tert-OH is 1. The number of hydrogen-bond acceptors (Lipinski definition) is 5. The van der Waals surface area contributed by atoms with Crippen LogP contribution in [0.3, 0.4) is 0 Å². The van der Waals surface area contributed by atoms with Gasteiger partial charge in [0.05, 0.1) is 12.8 Å². The molecule has 1 aliphatic carbocycles. The van der Waals surface area contributed by atoms with E-state index in [-0.39, 0.29) is 23.8 Å². The van der Waals surface area contributed by atoms with E-state index in [1.807, 2.05) is 0 Å². The lowest BCUT2D eigenvalue weighted by Gasteiger charge is -2.13. The van der Waals surface area contributed by atoms with Crippen LogP contribution in [0, 0.1) is 11.2 Å². The molecular formula is C9H13FN4O. The van der Waals surface area contributed by atoms with Crippen LogP contribution in [0.1, 0.15) is 12.8 Å². The number of anilines is 2. The van der Waals surface area contributed by atoms with E-state index in [0.717, 1.165) is 19.0 Å². The molecule has 0 aliphatic heterocycles. The molecule has 82 valence electrons. The van der Waals surface area contributed by atoms with E-state index in [1.54, 1.807) is 0 Å². The first kappa shape index (κ1) is 10.1. The molecule has 0 radical (unpaired) electrons. The Morgan fingerprint density at radius 2 is 2.33 bits per heavy atom. The number of nitrogens with two attached hydrogens (primary N) is 1. The van der Waals surface area contributed by atoms with Crippen molar-refractivity contribution in [3.05, 3.63) is 12.0 Å². The summed E-state index contributed by atoms with van der Waals surface area (Å²) in [4.78, 5) is 7.26. The van der Waals surface area contributed by atoms with Gasteiger partial charge in [0.2, 0.25) is 5.95 Å². The highest BCUT2D eigenvalue weighted by atomic mass is 19.1. The number of aromatic nitrogens is 2. The molecule has 2 rings (SSSR count). The molecule has 6 heteroatoms. The number of nitrogens with zero attached hydrogens (tertiary/aromatic N) is 2. The maximum absolute atomic E-state index is 13.2. The van der Waals surface area contributed by atoms with Crippen molar-refractivity contribution in [3.8, 4) is 0 Å². The van der Waals surface area contributed by atoms with Gasteiger partial charge >= 0.3 is 0 Å². The fraction of sp³-hybridized carbons (Fsp3) is 0.556. The topological polar surface area (TPSA) is 84.1 Å². The van der Waals surface area contributed by atoms with Crippen molar-refractivity contribution in [2.45, 2.75) is 12.8 Å². The first-order chi connectivity index (χ1) is 7.15. The lowest BCUT2D eigenvalue weighted by molar-refractivity contribution is 0.219. The van der Waals surface area contributed by atoms with Crippen LogP contribution in [-0.2, 0) is 0 Å². The zero-order valence-corrected chi connectivity index (χ0v) is 8.20. The molecule has 0 bridgehead atoms. The molecule has 5 nitrogen and oxygen atoms in total. The van der Waals surface area contributed by atoms with Gasteiger partial charge in [0.1, 0.15) is 0 Å². The molecule has 1 aliphatic rings. The van der Waals surface area contributed by atoms with Crippen molar-refractivity contribution in [2.75, 3.05) is 24.2 Å². The van der Waals surface area contributed by atoms with Gasteiger partial charge in [-0.2, -0.15) is 4.98 Å². The molecule has 1 aromatic rings. The third-order valence-corrected chi connectivity index (χ3v) is 2.69.